The third-order valence-electron chi connectivity index (χ3n) is 7.03. The molecule has 0 saturated heterocycles. The van der Waals surface area contributed by atoms with Crippen molar-refractivity contribution in [1.82, 2.24) is 4.57 Å². The van der Waals surface area contributed by atoms with Crippen LogP contribution in [-0.2, 0) is 4.79 Å². The number of allylic oxidation sites excluding steroid dienone is 4. The van der Waals surface area contributed by atoms with Crippen molar-refractivity contribution in [2.45, 2.75) is 34.6 Å². The third kappa shape index (κ3) is 3.49. The summed E-state index contributed by atoms with van der Waals surface area (Å²) in [5.74, 6) is -0.132. The van der Waals surface area contributed by atoms with Crippen LogP contribution in [0, 0.1) is 27.7 Å². The minimum absolute atomic E-state index is 0.0277. The Morgan fingerprint density at radius 2 is 1.56 bits per heavy atom. The van der Waals surface area contributed by atoms with Crippen molar-refractivity contribution in [3.05, 3.63) is 118 Å². The van der Waals surface area contributed by atoms with Crippen molar-refractivity contribution in [1.29, 1.82) is 0 Å². The number of anilines is 1. The van der Waals surface area contributed by atoms with E-state index in [1.54, 1.807) is 0 Å². The molecule has 1 aliphatic carbocycles. The van der Waals surface area contributed by atoms with Gasteiger partial charge in [0, 0.05) is 28.0 Å². The maximum atomic E-state index is 13.8. The molecule has 1 aromatic heterocycles. The van der Waals surface area contributed by atoms with Crippen molar-refractivity contribution < 1.29 is 9.90 Å². The summed E-state index contributed by atoms with van der Waals surface area (Å²) in [6.45, 7) is 14.1. The third-order valence-corrected chi connectivity index (χ3v) is 7.03. The van der Waals surface area contributed by atoms with Gasteiger partial charge >= 0.3 is 0 Å². The first-order valence-corrected chi connectivity index (χ1v) is 12.0. The lowest BCUT2D eigenvalue weighted by Gasteiger charge is -2.26. The van der Waals surface area contributed by atoms with Crippen LogP contribution in [-0.4, -0.2) is 15.5 Å². The van der Waals surface area contributed by atoms with Gasteiger partial charge in [-0.05, 0) is 93.3 Å². The molecule has 0 atom stereocenters. The van der Waals surface area contributed by atoms with Gasteiger partial charge in [0.2, 0.25) is 5.78 Å². The highest BCUT2D eigenvalue weighted by Crippen LogP contribution is 2.46. The van der Waals surface area contributed by atoms with E-state index in [1.807, 2.05) is 77.1 Å². The number of Topliss-reactive ketones (excluding diaryl/α,β-unsaturated/α-hetero) is 1. The van der Waals surface area contributed by atoms with E-state index in [-0.39, 0.29) is 11.5 Å². The highest BCUT2D eigenvalue weighted by atomic mass is 16.3. The number of ketones is 1. The van der Waals surface area contributed by atoms with Gasteiger partial charge in [-0.3, -0.25) is 4.79 Å². The molecule has 0 amide bonds. The van der Waals surface area contributed by atoms with E-state index in [2.05, 4.69) is 29.3 Å². The van der Waals surface area contributed by atoms with Crippen molar-refractivity contribution in [2.24, 2.45) is 0 Å². The van der Waals surface area contributed by atoms with Crippen LogP contribution >= 0.6 is 0 Å². The van der Waals surface area contributed by atoms with Gasteiger partial charge in [-0.2, -0.15) is 0 Å². The van der Waals surface area contributed by atoms with Crippen LogP contribution in [0.3, 0.4) is 0 Å². The van der Waals surface area contributed by atoms with Crippen LogP contribution in [0.5, 0.6) is 0 Å². The van der Waals surface area contributed by atoms with Gasteiger partial charge in [0.25, 0.3) is 0 Å². The first-order valence-electron chi connectivity index (χ1n) is 12.0. The fourth-order valence-corrected chi connectivity index (χ4v) is 5.25. The highest BCUT2D eigenvalue weighted by molar-refractivity contribution is 6.43. The smallest absolute Gasteiger partial charge is 0.201 e. The summed E-state index contributed by atoms with van der Waals surface area (Å²) in [5, 5.41) is 12.4. The summed E-state index contributed by atoms with van der Waals surface area (Å²) < 4.78 is 2.11. The minimum Gasteiger partial charge on any atom is -0.506 e. The Balaban J connectivity index is 1.80. The zero-order valence-electron chi connectivity index (χ0n) is 21.4. The van der Waals surface area contributed by atoms with Gasteiger partial charge in [-0.15, -0.1) is 0 Å². The zero-order chi connectivity index (χ0) is 25.9. The number of aromatic nitrogens is 1. The quantitative estimate of drug-likeness (QED) is 0.240. The standard InChI is InChI=1S/C32H30N2O2/c1-17(2)27(24-15-18(3)7-9-20(24)5)29-31(35)30(32(29)36)28-21(6)34(23-12-10-22(33)11-13-23)26-14-8-19(4)16-25(26)28/h7-16,35H,1,33H2,2-6H3/b29-27-. The second-order valence-corrected chi connectivity index (χ2v) is 9.81. The number of hydrogen-bond acceptors (Lipinski definition) is 3. The van der Waals surface area contributed by atoms with Gasteiger partial charge in [0.1, 0.15) is 5.76 Å². The molecule has 0 bridgehead atoms. The van der Waals surface area contributed by atoms with E-state index >= 15 is 0 Å². The minimum atomic E-state index is -0.160. The summed E-state index contributed by atoms with van der Waals surface area (Å²) in [4.78, 5) is 13.8. The first-order chi connectivity index (χ1) is 17.1. The fraction of sp³-hybridized carbons (Fsp3) is 0.156. The van der Waals surface area contributed by atoms with E-state index in [0.29, 0.717) is 22.4 Å². The average molecular weight is 475 g/mol. The topological polar surface area (TPSA) is 68.2 Å². The van der Waals surface area contributed by atoms with Crippen molar-refractivity contribution in [3.8, 4) is 5.69 Å². The van der Waals surface area contributed by atoms with Crippen molar-refractivity contribution in [3.63, 3.8) is 0 Å². The van der Waals surface area contributed by atoms with Gasteiger partial charge < -0.3 is 15.4 Å². The first kappa shape index (κ1) is 23.4. The molecule has 4 aromatic rings. The highest BCUT2D eigenvalue weighted by Gasteiger charge is 2.40. The zero-order valence-corrected chi connectivity index (χ0v) is 21.4. The second-order valence-electron chi connectivity index (χ2n) is 9.81. The summed E-state index contributed by atoms with van der Waals surface area (Å²) in [5.41, 5.74) is 16.5. The number of aliphatic hydroxyl groups is 1. The molecule has 1 aliphatic rings. The monoisotopic (exact) mass is 474 g/mol. The molecule has 4 nitrogen and oxygen atoms in total. The molecule has 4 heteroatoms. The Bertz CT molecular complexity index is 1660. The van der Waals surface area contributed by atoms with Crippen molar-refractivity contribution in [2.75, 3.05) is 5.73 Å². The fourth-order valence-electron chi connectivity index (χ4n) is 5.25. The molecule has 0 radical (unpaired) electrons. The number of aliphatic hydroxyl groups excluding tert-OH is 1. The molecule has 0 fully saturated rings. The average Bonchev–Trinajstić information content (AvgIpc) is 3.10. The molecular formula is C32H30N2O2. The van der Waals surface area contributed by atoms with Crippen LogP contribution in [0.4, 0.5) is 5.69 Å². The largest absolute Gasteiger partial charge is 0.506 e. The summed E-state index contributed by atoms with van der Waals surface area (Å²) in [6, 6.07) is 20.0. The predicted molar refractivity (Wildman–Crippen MR) is 149 cm³/mol. The number of aryl methyl sites for hydroxylation is 3. The van der Waals surface area contributed by atoms with E-state index in [1.165, 1.54) is 0 Å². The van der Waals surface area contributed by atoms with Crippen LogP contribution < -0.4 is 5.73 Å². The Morgan fingerprint density at radius 1 is 0.917 bits per heavy atom. The van der Waals surface area contributed by atoms with E-state index in [9.17, 15) is 9.90 Å². The normalized spacial score (nSPS) is 14.9. The number of hydrogen-bond donors (Lipinski definition) is 2. The number of nitrogen functional groups attached to an aromatic ring is 1. The molecule has 0 saturated carbocycles. The van der Waals surface area contributed by atoms with Gasteiger partial charge in [-0.1, -0.05) is 42.0 Å². The number of benzene rings is 3. The van der Waals surface area contributed by atoms with Crippen molar-refractivity contribution >= 4 is 33.5 Å². The predicted octanol–water partition coefficient (Wildman–Crippen LogP) is 7.33. The molecule has 36 heavy (non-hydrogen) atoms. The van der Waals surface area contributed by atoms with Gasteiger partial charge in [0.15, 0.2) is 0 Å². The van der Waals surface area contributed by atoms with E-state index in [0.717, 1.165) is 55.7 Å². The maximum Gasteiger partial charge on any atom is 0.201 e. The summed E-state index contributed by atoms with van der Waals surface area (Å²) >= 11 is 0. The molecule has 1 heterocycles. The molecule has 180 valence electrons. The molecule has 0 aliphatic heterocycles. The van der Waals surface area contributed by atoms with Crippen LogP contribution in [0.2, 0.25) is 0 Å². The number of nitrogens with two attached hydrogens (primary N) is 1. The molecule has 3 aromatic carbocycles. The van der Waals surface area contributed by atoms with Crippen LogP contribution in [0.1, 0.15) is 40.4 Å². The van der Waals surface area contributed by atoms with Gasteiger partial charge in [0.05, 0.1) is 16.7 Å². The molecule has 0 unspecified atom stereocenters. The number of carbonyl (C=O) groups is 1. The maximum absolute atomic E-state index is 13.8. The lowest BCUT2D eigenvalue weighted by atomic mass is 9.76. The SMILES string of the molecule is C=C(C)/C(=C1/C(=O)C(c2c(C)n(-c3ccc(N)cc3)c3ccc(C)cc23)=C1O)c1cc(C)ccc1C. The van der Waals surface area contributed by atoms with E-state index < -0.39 is 0 Å². The lowest BCUT2D eigenvalue weighted by Crippen LogP contribution is -2.23. The number of carbonyl (C=O) groups excluding carboxylic acids is 1. The number of nitrogens with zero attached hydrogens (tertiary/aromatic N) is 1. The summed E-state index contributed by atoms with van der Waals surface area (Å²) in [7, 11) is 0. The van der Waals surface area contributed by atoms with Crippen LogP contribution in [0.25, 0.3) is 27.7 Å². The molecular weight excluding hydrogens is 444 g/mol. The number of rotatable bonds is 4. The van der Waals surface area contributed by atoms with E-state index in [4.69, 9.17) is 5.73 Å². The lowest BCUT2D eigenvalue weighted by molar-refractivity contribution is -0.111. The molecule has 0 spiro atoms. The summed E-state index contributed by atoms with van der Waals surface area (Å²) in [6.07, 6.45) is 0. The van der Waals surface area contributed by atoms with Gasteiger partial charge in [-0.25, -0.2) is 0 Å². The molecule has 3 N–H and O–H groups in total. The Labute approximate surface area is 211 Å². The Kier molecular flexibility index (Phi) is 5.48. The Hall–Kier alpha value is -4.31. The molecule has 5 rings (SSSR count). The number of fused-ring (bicyclic) bond motifs is 1. The second kappa shape index (κ2) is 8.42. The Morgan fingerprint density at radius 3 is 2.19 bits per heavy atom. The van der Waals surface area contributed by atoms with Crippen LogP contribution in [0.15, 0.2) is 84.1 Å².